The zero-order valence-electron chi connectivity index (χ0n) is 52.2. The summed E-state index contributed by atoms with van der Waals surface area (Å²) >= 11 is 0. The highest BCUT2D eigenvalue weighted by Gasteiger charge is 2.19. The first-order chi connectivity index (χ1) is 40.5. The van der Waals surface area contributed by atoms with E-state index >= 15 is 0 Å². The lowest BCUT2D eigenvalue weighted by Gasteiger charge is -2.18. The number of carbonyl (C=O) groups is 3. The number of allylic oxidation sites excluding steroid dienone is 32. The quantitative estimate of drug-likeness (QED) is 0.0261. The second-order valence-corrected chi connectivity index (χ2v) is 20.5. The average molecular weight is 1130 g/mol. The molecule has 0 heterocycles. The second kappa shape index (κ2) is 67.8. The van der Waals surface area contributed by atoms with E-state index in [1.165, 1.54) is 19.3 Å². The van der Waals surface area contributed by atoms with Crippen LogP contribution in [0.3, 0.4) is 0 Å². The molecule has 6 heteroatoms. The van der Waals surface area contributed by atoms with Crippen molar-refractivity contribution in [1.29, 1.82) is 0 Å². The van der Waals surface area contributed by atoms with Gasteiger partial charge in [-0.25, -0.2) is 0 Å². The molecule has 0 rings (SSSR count). The van der Waals surface area contributed by atoms with Gasteiger partial charge >= 0.3 is 17.9 Å². The molecule has 0 saturated carbocycles. The van der Waals surface area contributed by atoms with Crippen molar-refractivity contribution < 1.29 is 28.6 Å². The van der Waals surface area contributed by atoms with Gasteiger partial charge in [0.1, 0.15) is 13.2 Å². The highest BCUT2D eigenvalue weighted by molar-refractivity contribution is 5.71. The van der Waals surface area contributed by atoms with Crippen LogP contribution in [-0.2, 0) is 28.6 Å². The Bertz CT molecular complexity index is 1970. The topological polar surface area (TPSA) is 78.9 Å². The third kappa shape index (κ3) is 65.1. The van der Waals surface area contributed by atoms with Gasteiger partial charge in [-0.1, -0.05) is 260 Å². The van der Waals surface area contributed by atoms with Crippen molar-refractivity contribution in [2.45, 2.75) is 252 Å². The number of esters is 3. The van der Waals surface area contributed by atoms with Crippen LogP contribution in [0.1, 0.15) is 245 Å². The van der Waals surface area contributed by atoms with Gasteiger partial charge in [0, 0.05) is 19.3 Å². The lowest BCUT2D eigenvalue weighted by Crippen LogP contribution is -2.30. The summed E-state index contributed by atoms with van der Waals surface area (Å²) in [6.07, 6.45) is 103. The summed E-state index contributed by atoms with van der Waals surface area (Å²) in [5.41, 5.74) is 0. The zero-order valence-corrected chi connectivity index (χ0v) is 52.2. The van der Waals surface area contributed by atoms with Crippen LogP contribution in [0.15, 0.2) is 194 Å². The van der Waals surface area contributed by atoms with Gasteiger partial charge in [0.2, 0.25) is 0 Å². The molecular formula is C76H116O6. The first-order valence-corrected chi connectivity index (χ1v) is 32.4. The zero-order chi connectivity index (χ0) is 59.2. The Hall–Kier alpha value is -5.75. The maximum atomic E-state index is 12.9. The summed E-state index contributed by atoms with van der Waals surface area (Å²) in [6.45, 7) is 6.29. The van der Waals surface area contributed by atoms with E-state index in [-0.39, 0.29) is 44.0 Å². The SMILES string of the molecule is CC/C=C\C/C=C\C/C=C\C/C=C\C/C=C\C/C=C\C/C=C\C/C=C\CCCCC(=O)OCC(COC(=O)CCCCCCC/C=C\C/C=C\CCCC)OC(=O)CCCCCC/C=C\C/C=C\C/C=C\C/C=C\C/C=C\C/C=C\CC. The monoisotopic (exact) mass is 1120 g/mol. The fourth-order valence-electron chi connectivity index (χ4n) is 8.01. The van der Waals surface area contributed by atoms with E-state index in [0.717, 1.165) is 180 Å². The first kappa shape index (κ1) is 76.2. The minimum atomic E-state index is -0.830. The van der Waals surface area contributed by atoms with Crippen molar-refractivity contribution in [3.63, 3.8) is 0 Å². The van der Waals surface area contributed by atoms with Crippen LogP contribution < -0.4 is 0 Å². The highest BCUT2D eigenvalue weighted by Crippen LogP contribution is 2.12. The van der Waals surface area contributed by atoms with Crippen LogP contribution in [-0.4, -0.2) is 37.2 Å². The minimum Gasteiger partial charge on any atom is -0.462 e. The third-order valence-corrected chi connectivity index (χ3v) is 12.8. The van der Waals surface area contributed by atoms with Crippen LogP contribution >= 0.6 is 0 Å². The van der Waals surface area contributed by atoms with Gasteiger partial charge in [0.05, 0.1) is 0 Å². The van der Waals surface area contributed by atoms with Crippen LogP contribution in [0.25, 0.3) is 0 Å². The minimum absolute atomic E-state index is 0.120. The summed E-state index contributed by atoms with van der Waals surface area (Å²) in [5.74, 6) is -1.01. The highest BCUT2D eigenvalue weighted by atomic mass is 16.6. The van der Waals surface area contributed by atoms with E-state index < -0.39 is 6.10 Å². The lowest BCUT2D eigenvalue weighted by atomic mass is 10.1. The van der Waals surface area contributed by atoms with Gasteiger partial charge in [0.25, 0.3) is 0 Å². The van der Waals surface area contributed by atoms with Crippen molar-refractivity contribution in [2.24, 2.45) is 0 Å². The molecule has 6 nitrogen and oxygen atoms in total. The maximum absolute atomic E-state index is 12.9. The predicted octanol–water partition coefficient (Wildman–Crippen LogP) is 22.6. The number of carbonyl (C=O) groups excluding carboxylic acids is 3. The van der Waals surface area contributed by atoms with Crippen LogP contribution in [0.5, 0.6) is 0 Å². The molecule has 0 aliphatic carbocycles. The third-order valence-electron chi connectivity index (χ3n) is 12.8. The van der Waals surface area contributed by atoms with Crippen molar-refractivity contribution in [3.05, 3.63) is 194 Å². The van der Waals surface area contributed by atoms with Crippen molar-refractivity contribution >= 4 is 17.9 Å². The molecule has 0 bridgehead atoms. The molecule has 0 aromatic carbocycles. The summed E-state index contributed by atoms with van der Waals surface area (Å²) in [5, 5.41) is 0. The summed E-state index contributed by atoms with van der Waals surface area (Å²) in [4.78, 5) is 38.3. The van der Waals surface area contributed by atoms with Crippen molar-refractivity contribution in [2.75, 3.05) is 13.2 Å². The Kier molecular flexibility index (Phi) is 63.0. The molecule has 0 aromatic heterocycles. The number of ether oxygens (including phenoxy) is 3. The Balaban J connectivity index is 4.55. The molecule has 0 saturated heterocycles. The van der Waals surface area contributed by atoms with Crippen LogP contribution in [0.2, 0.25) is 0 Å². The van der Waals surface area contributed by atoms with Gasteiger partial charge in [0.15, 0.2) is 6.10 Å². The largest absolute Gasteiger partial charge is 0.462 e. The predicted molar refractivity (Wildman–Crippen MR) is 357 cm³/mol. The second-order valence-electron chi connectivity index (χ2n) is 20.5. The van der Waals surface area contributed by atoms with E-state index in [4.69, 9.17) is 14.2 Å². The smallest absolute Gasteiger partial charge is 0.306 e. The number of unbranched alkanes of at least 4 members (excludes halogenated alkanes) is 13. The molecule has 0 aromatic rings. The fraction of sp³-hybridized carbons (Fsp3) is 0.539. The Morgan fingerprint density at radius 3 is 0.768 bits per heavy atom. The Morgan fingerprint density at radius 2 is 0.476 bits per heavy atom. The molecule has 0 radical (unpaired) electrons. The molecule has 0 fully saturated rings. The molecular weight excluding hydrogens is 1010 g/mol. The van der Waals surface area contributed by atoms with Gasteiger partial charge in [-0.05, 0) is 161 Å². The molecule has 1 unspecified atom stereocenters. The van der Waals surface area contributed by atoms with Gasteiger partial charge in [-0.2, -0.15) is 0 Å². The molecule has 0 N–H and O–H groups in total. The summed E-state index contributed by atoms with van der Waals surface area (Å²) in [6, 6.07) is 0. The van der Waals surface area contributed by atoms with Crippen molar-refractivity contribution in [1.82, 2.24) is 0 Å². The van der Waals surface area contributed by atoms with Crippen molar-refractivity contribution in [3.8, 4) is 0 Å². The molecule has 0 aliphatic heterocycles. The normalized spacial score (nSPS) is 13.5. The standard InChI is InChI=1S/C76H116O6/c1-4-7-10-13-16-19-22-25-28-30-32-34-36-37-38-39-41-42-44-46-48-51-54-57-60-63-66-69-75(78)81-72-73(71-80-74(77)68-65-62-59-56-53-50-27-24-21-18-15-12-9-6-3)82-76(79)70-67-64-61-58-55-52-49-47-45-43-40-35-33-31-29-26-23-20-17-14-11-8-5-2/h7-8,10-11,15-20,24-29,32-35,37-38,41-43,45-46,48-49,52,54,57,73H,4-6,9,12-14,21-23,30-31,36,39-40,44,47,50-51,53,55-56,58-72H2,1-3H3/b10-7-,11-8-,18-15-,19-16-,20-17-,27-24-,28-25-,29-26-,34-32-,35-33-,38-37-,42-41-,45-43-,48-46-,52-49-,57-54-. The van der Waals surface area contributed by atoms with E-state index in [2.05, 4.69) is 215 Å². The maximum Gasteiger partial charge on any atom is 0.306 e. The molecule has 1 atom stereocenters. The Morgan fingerprint density at radius 1 is 0.256 bits per heavy atom. The van der Waals surface area contributed by atoms with Gasteiger partial charge in [-0.15, -0.1) is 0 Å². The van der Waals surface area contributed by atoms with Crippen LogP contribution in [0, 0.1) is 0 Å². The lowest BCUT2D eigenvalue weighted by molar-refractivity contribution is -0.167. The Labute approximate surface area is 503 Å². The average Bonchev–Trinajstić information content (AvgIpc) is 3.48. The molecule has 0 amide bonds. The van der Waals surface area contributed by atoms with E-state index in [0.29, 0.717) is 12.8 Å². The number of hydrogen-bond donors (Lipinski definition) is 0. The molecule has 82 heavy (non-hydrogen) atoms. The van der Waals surface area contributed by atoms with Gasteiger partial charge < -0.3 is 14.2 Å². The molecule has 0 spiro atoms. The number of hydrogen-bond acceptors (Lipinski definition) is 6. The number of rotatable bonds is 56. The van der Waals surface area contributed by atoms with Crippen LogP contribution in [0.4, 0.5) is 0 Å². The molecule has 456 valence electrons. The van der Waals surface area contributed by atoms with E-state index in [9.17, 15) is 14.4 Å². The van der Waals surface area contributed by atoms with Gasteiger partial charge in [-0.3, -0.25) is 14.4 Å². The molecule has 0 aliphatic rings. The van der Waals surface area contributed by atoms with E-state index in [1.807, 2.05) is 0 Å². The first-order valence-electron chi connectivity index (χ1n) is 32.4. The fourth-order valence-corrected chi connectivity index (χ4v) is 8.01. The summed E-state index contributed by atoms with van der Waals surface area (Å²) in [7, 11) is 0. The summed E-state index contributed by atoms with van der Waals surface area (Å²) < 4.78 is 16.9. The van der Waals surface area contributed by atoms with E-state index in [1.54, 1.807) is 0 Å².